The minimum atomic E-state index is -4.44. The lowest BCUT2D eigenvalue weighted by Crippen LogP contribution is -2.29. The summed E-state index contributed by atoms with van der Waals surface area (Å²) in [6.45, 7) is 0. The lowest BCUT2D eigenvalue weighted by atomic mass is 10.1. The fraction of sp³-hybridized carbons (Fsp3) is 0.462. The smallest absolute Gasteiger partial charge is 0.327 e. The van der Waals surface area contributed by atoms with Crippen molar-refractivity contribution >= 4 is 27.5 Å². The number of amides is 1. The summed E-state index contributed by atoms with van der Waals surface area (Å²) in [5.41, 5.74) is 5.12. The minimum Gasteiger partial charge on any atom is -0.327 e. The summed E-state index contributed by atoms with van der Waals surface area (Å²) in [5.74, 6) is -0.00451. The maximum atomic E-state index is 12.6. The zero-order chi connectivity index (χ0) is 14.9. The summed E-state index contributed by atoms with van der Waals surface area (Å²) in [6.07, 6.45) is -2.29. The number of benzene rings is 1. The van der Waals surface area contributed by atoms with Crippen LogP contribution in [0, 0.1) is 5.92 Å². The molecule has 0 bridgehead atoms. The molecule has 0 saturated heterocycles. The first kappa shape index (κ1) is 15.3. The number of carbonyl (C=O) groups is 1. The van der Waals surface area contributed by atoms with Crippen molar-refractivity contribution in [1.29, 1.82) is 0 Å². The molecule has 0 radical (unpaired) electrons. The van der Waals surface area contributed by atoms with Crippen LogP contribution in [0.15, 0.2) is 22.7 Å². The second kappa shape index (κ2) is 5.73. The molecular formula is C13H14BrF3N2O. The minimum absolute atomic E-state index is 0.104. The van der Waals surface area contributed by atoms with Crippen LogP contribution in [0.2, 0.25) is 0 Å². The first-order chi connectivity index (χ1) is 9.27. The highest BCUT2D eigenvalue weighted by Crippen LogP contribution is 2.35. The normalized spacial score (nSPS) is 16.9. The number of carbonyl (C=O) groups excluding carboxylic acids is 1. The van der Waals surface area contributed by atoms with E-state index in [-0.39, 0.29) is 24.1 Å². The van der Waals surface area contributed by atoms with Gasteiger partial charge < -0.3 is 11.1 Å². The molecule has 1 amide bonds. The van der Waals surface area contributed by atoms with E-state index in [2.05, 4.69) is 21.2 Å². The molecule has 0 heterocycles. The number of rotatable bonds is 4. The molecule has 1 aromatic rings. The van der Waals surface area contributed by atoms with Gasteiger partial charge in [-0.2, -0.15) is 13.2 Å². The Bertz CT molecular complexity index is 515. The fourth-order valence-corrected chi connectivity index (χ4v) is 2.25. The molecule has 1 saturated carbocycles. The standard InChI is InChI=1S/C13H14BrF3N2O/c14-9-4-3-8(13(15,16)17)5-11(9)19-12(20)6-10(18)7-1-2-7/h3-5,7,10H,1-2,6,18H2,(H,19,20). The highest BCUT2D eigenvalue weighted by atomic mass is 79.9. The van der Waals surface area contributed by atoms with Crippen molar-refractivity contribution in [3.63, 3.8) is 0 Å². The molecule has 110 valence electrons. The summed E-state index contributed by atoms with van der Waals surface area (Å²) in [4.78, 5) is 11.8. The summed E-state index contributed by atoms with van der Waals surface area (Å²) >= 11 is 3.12. The van der Waals surface area contributed by atoms with Crippen molar-refractivity contribution in [1.82, 2.24) is 0 Å². The van der Waals surface area contributed by atoms with Gasteiger partial charge in [-0.1, -0.05) is 0 Å². The van der Waals surface area contributed by atoms with Gasteiger partial charge >= 0.3 is 6.18 Å². The average molecular weight is 351 g/mol. The van der Waals surface area contributed by atoms with E-state index in [0.29, 0.717) is 10.4 Å². The zero-order valence-corrected chi connectivity index (χ0v) is 12.1. The van der Waals surface area contributed by atoms with Crippen molar-refractivity contribution in [2.24, 2.45) is 11.7 Å². The molecule has 0 aromatic heterocycles. The SMILES string of the molecule is NC(CC(=O)Nc1cc(C(F)(F)F)ccc1Br)C1CC1. The van der Waals surface area contributed by atoms with E-state index in [0.717, 1.165) is 25.0 Å². The van der Waals surface area contributed by atoms with Crippen molar-refractivity contribution in [3.05, 3.63) is 28.2 Å². The third kappa shape index (κ3) is 3.96. The van der Waals surface area contributed by atoms with Gasteiger partial charge in [-0.05, 0) is 52.9 Å². The van der Waals surface area contributed by atoms with E-state index in [1.807, 2.05) is 0 Å². The van der Waals surface area contributed by atoms with E-state index >= 15 is 0 Å². The summed E-state index contributed by atoms with van der Waals surface area (Å²) in [5, 5.41) is 2.47. The van der Waals surface area contributed by atoms with Crippen molar-refractivity contribution < 1.29 is 18.0 Å². The number of nitrogens with two attached hydrogens (primary N) is 1. The Hall–Kier alpha value is -1.08. The average Bonchev–Trinajstić information content (AvgIpc) is 3.14. The molecule has 0 aliphatic heterocycles. The number of halogens is 4. The van der Waals surface area contributed by atoms with Gasteiger partial charge in [0.15, 0.2) is 0 Å². The maximum absolute atomic E-state index is 12.6. The van der Waals surface area contributed by atoms with Crippen LogP contribution in [0.4, 0.5) is 18.9 Å². The first-order valence-corrected chi connectivity index (χ1v) is 6.99. The monoisotopic (exact) mass is 350 g/mol. The number of hydrogen-bond acceptors (Lipinski definition) is 2. The number of alkyl halides is 3. The van der Waals surface area contributed by atoms with Crippen LogP contribution in [0.3, 0.4) is 0 Å². The van der Waals surface area contributed by atoms with Crippen LogP contribution in [-0.4, -0.2) is 11.9 Å². The highest BCUT2D eigenvalue weighted by molar-refractivity contribution is 9.10. The number of nitrogens with one attached hydrogen (secondary N) is 1. The first-order valence-electron chi connectivity index (χ1n) is 6.19. The van der Waals surface area contributed by atoms with E-state index < -0.39 is 11.7 Å². The largest absolute Gasteiger partial charge is 0.416 e. The van der Waals surface area contributed by atoms with Gasteiger partial charge in [0.25, 0.3) is 0 Å². The van der Waals surface area contributed by atoms with Crippen LogP contribution in [-0.2, 0) is 11.0 Å². The number of anilines is 1. The Morgan fingerprint density at radius 3 is 2.65 bits per heavy atom. The summed E-state index contributed by atoms with van der Waals surface area (Å²) < 4.78 is 38.2. The molecule has 1 aliphatic rings. The van der Waals surface area contributed by atoms with E-state index in [1.54, 1.807) is 0 Å². The van der Waals surface area contributed by atoms with E-state index in [9.17, 15) is 18.0 Å². The van der Waals surface area contributed by atoms with Crippen molar-refractivity contribution in [2.75, 3.05) is 5.32 Å². The zero-order valence-electron chi connectivity index (χ0n) is 10.5. The molecule has 1 atom stereocenters. The van der Waals surface area contributed by atoms with Crippen LogP contribution >= 0.6 is 15.9 Å². The van der Waals surface area contributed by atoms with Gasteiger partial charge in [0, 0.05) is 16.9 Å². The second-order valence-electron chi connectivity index (χ2n) is 4.95. The Morgan fingerprint density at radius 1 is 1.45 bits per heavy atom. The van der Waals surface area contributed by atoms with Crippen LogP contribution < -0.4 is 11.1 Å². The molecule has 3 N–H and O–H groups in total. The predicted molar refractivity (Wildman–Crippen MR) is 73.1 cm³/mol. The molecule has 0 spiro atoms. The Morgan fingerprint density at radius 2 is 2.10 bits per heavy atom. The Labute approximate surface area is 122 Å². The molecule has 1 unspecified atom stereocenters. The van der Waals surface area contributed by atoms with Gasteiger partial charge in [0.2, 0.25) is 5.91 Å². The topological polar surface area (TPSA) is 55.1 Å². The molecule has 1 aliphatic carbocycles. The van der Waals surface area contributed by atoms with Gasteiger partial charge in [-0.15, -0.1) is 0 Å². The van der Waals surface area contributed by atoms with Gasteiger partial charge in [-0.3, -0.25) is 4.79 Å². The van der Waals surface area contributed by atoms with Crippen molar-refractivity contribution in [2.45, 2.75) is 31.5 Å². The predicted octanol–water partition coefficient (Wildman–Crippen LogP) is 3.53. The summed E-state index contributed by atoms with van der Waals surface area (Å²) in [7, 11) is 0. The Kier molecular flexibility index (Phi) is 4.39. The third-order valence-electron chi connectivity index (χ3n) is 3.22. The molecule has 1 aromatic carbocycles. The van der Waals surface area contributed by atoms with E-state index in [1.165, 1.54) is 6.07 Å². The lowest BCUT2D eigenvalue weighted by Gasteiger charge is -2.13. The number of hydrogen-bond donors (Lipinski definition) is 2. The molecule has 20 heavy (non-hydrogen) atoms. The highest BCUT2D eigenvalue weighted by Gasteiger charge is 2.32. The molecular weight excluding hydrogens is 337 g/mol. The fourth-order valence-electron chi connectivity index (χ4n) is 1.90. The van der Waals surface area contributed by atoms with Crippen molar-refractivity contribution in [3.8, 4) is 0 Å². The van der Waals surface area contributed by atoms with Crippen LogP contribution in [0.5, 0.6) is 0 Å². The summed E-state index contributed by atoms with van der Waals surface area (Å²) in [6, 6.07) is 2.90. The van der Waals surface area contributed by atoms with Gasteiger partial charge in [0.1, 0.15) is 0 Å². The third-order valence-corrected chi connectivity index (χ3v) is 3.91. The molecule has 1 fully saturated rings. The van der Waals surface area contributed by atoms with Gasteiger partial charge in [0.05, 0.1) is 11.3 Å². The van der Waals surface area contributed by atoms with Crippen LogP contribution in [0.25, 0.3) is 0 Å². The van der Waals surface area contributed by atoms with E-state index in [4.69, 9.17) is 5.73 Å². The second-order valence-corrected chi connectivity index (χ2v) is 5.80. The van der Waals surface area contributed by atoms with Gasteiger partial charge in [-0.25, -0.2) is 0 Å². The quantitative estimate of drug-likeness (QED) is 0.872. The molecule has 7 heteroatoms. The maximum Gasteiger partial charge on any atom is 0.416 e. The van der Waals surface area contributed by atoms with Crippen LogP contribution in [0.1, 0.15) is 24.8 Å². The molecule has 3 nitrogen and oxygen atoms in total. The Balaban J connectivity index is 2.05. The molecule has 2 rings (SSSR count). The lowest BCUT2D eigenvalue weighted by molar-refractivity contribution is -0.137.